The Labute approximate surface area is 196 Å². The molecule has 1 amide bonds. The lowest BCUT2D eigenvalue weighted by atomic mass is 10.1. The van der Waals surface area contributed by atoms with Crippen LogP contribution in [0.15, 0.2) is 52.3 Å². The second kappa shape index (κ2) is 10.1. The van der Waals surface area contributed by atoms with Crippen molar-refractivity contribution in [3.8, 4) is 16.1 Å². The number of thioether (sulfide) groups is 1. The minimum atomic E-state index is -0.455. The molecule has 0 aliphatic rings. The first-order valence-electron chi connectivity index (χ1n) is 9.67. The molecule has 0 fully saturated rings. The predicted octanol–water partition coefficient (Wildman–Crippen LogP) is 4.67. The van der Waals surface area contributed by atoms with Crippen molar-refractivity contribution in [1.82, 2.24) is 20.2 Å². The zero-order valence-electron chi connectivity index (χ0n) is 17.3. The van der Waals surface area contributed by atoms with Gasteiger partial charge in [-0.25, -0.2) is 4.79 Å². The number of nitrogens with one attached hydrogen (secondary N) is 1. The number of rotatable bonds is 8. The Kier molecular flexibility index (Phi) is 6.98. The van der Waals surface area contributed by atoms with E-state index in [9.17, 15) is 9.59 Å². The topological polar surface area (TPSA) is 99.0 Å². The maximum absolute atomic E-state index is 12.7. The van der Waals surface area contributed by atoms with Gasteiger partial charge in [-0.15, -0.1) is 27.8 Å². The molecule has 0 aliphatic heterocycles. The number of thiophene rings is 2. The molecule has 0 radical (unpaired) electrons. The molecule has 4 rings (SSSR count). The van der Waals surface area contributed by atoms with E-state index in [1.165, 1.54) is 34.4 Å². The maximum atomic E-state index is 12.7. The Morgan fingerprint density at radius 1 is 1.19 bits per heavy atom. The zero-order chi connectivity index (χ0) is 22.5. The van der Waals surface area contributed by atoms with Gasteiger partial charge in [0, 0.05) is 15.8 Å². The Hall–Kier alpha value is -3.02. The summed E-state index contributed by atoms with van der Waals surface area (Å²) in [7, 11) is 0. The fourth-order valence-electron chi connectivity index (χ4n) is 2.88. The number of hydrogen-bond donors (Lipinski definition) is 1. The SMILES string of the molecule is CCOC(=O)c1c(-c2cccs2)csc1NC(=O)CSc1nnnn1-c1ccc(C)cc1. The second-order valence-corrected chi connectivity index (χ2v) is 9.37. The van der Waals surface area contributed by atoms with Crippen LogP contribution < -0.4 is 5.32 Å². The minimum absolute atomic E-state index is 0.0841. The van der Waals surface area contributed by atoms with Crippen molar-refractivity contribution in [3.63, 3.8) is 0 Å². The fourth-order valence-corrected chi connectivity index (χ4v) is 5.36. The van der Waals surface area contributed by atoms with Gasteiger partial charge in [-0.1, -0.05) is 35.5 Å². The highest BCUT2D eigenvalue weighted by atomic mass is 32.2. The number of carbonyl (C=O) groups is 2. The van der Waals surface area contributed by atoms with Gasteiger partial charge in [0.25, 0.3) is 0 Å². The van der Waals surface area contributed by atoms with Gasteiger partial charge in [-0.3, -0.25) is 4.79 Å². The lowest BCUT2D eigenvalue weighted by Gasteiger charge is -2.08. The summed E-state index contributed by atoms with van der Waals surface area (Å²) in [4.78, 5) is 26.2. The zero-order valence-corrected chi connectivity index (χ0v) is 19.7. The largest absolute Gasteiger partial charge is 0.462 e. The van der Waals surface area contributed by atoms with Gasteiger partial charge in [0.1, 0.15) is 10.6 Å². The first kappa shape index (κ1) is 22.2. The van der Waals surface area contributed by atoms with Crippen molar-refractivity contribution in [2.24, 2.45) is 0 Å². The van der Waals surface area contributed by atoms with Crippen molar-refractivity contribution in [2.75, 3.05) is 17.7 Å². The van der Waals surface area contributed by atoms with Gasteiger partial charge < -0.3 is 10.1 Å². The molecular formula is C21H19N5O3S3. The molecule has 0 saturated heterocycles. The van der Waals surface area contributed by atoms with Crippen LogP contribution in [0.1, 0.15) is 22.8 Å². The third-order valence-electron chi connectivity index (χ3n) is 4.36. The third kappa shape index (κ3) is 4.90. The smallest absolute Gasteiger partial charge is 0.341 e. The summed E-state index contributed by atoms with van der Waals surface area (Å²) in [6.45, 7) is 4.01. The van der Waals surface area contributed by atoms with Crippen LogP contribution in [-0.2, 0) is 9.53 Å². The second-order valence-electron chi connectivity index (χ2n) is 6.60. The molecule has 164 valence electrons. The molecule has 0 atom stereocenters. The summed E-state index contributed by atoms with van der Waals surface area (Å²) < 4.78 is 6.81. The van der Waals surface area contributed by atoms with Crippen LogP contribution in [0.4, 0.5) is 5.00 Å². The molecule has 1 N–H and O–H groups in total. The van der Waals surface area contributed by atoms with Crippen LogP contribution in [0.3, 0.4) is 0 Å². The van der Waals surface area contributed by atoms with E-state index in [2.05, 4.69) is 20.8 Å². The van der Waals surface area contributed by atoms with Gasteiger partial charge in [0.2, 0.25) is 11.1 Å². The molecule has 3 heterocycles. The van der Waals surface area contributed by atoms with E-state index in [1.54, 1.807) is 11.6 Å². The number of amides is 1. The van der Waals surface area contributed by atoms with Crippen LogP contribution in [0.5, 0.6) is 0 Å². The fraction of sp³-hybridized carbons (Fsp3) is 0.190. The van der Waals surface area contributed by atoms with E-state index in [4.69, 9.17) is 4.74 Å². The Balaban J connectivity index is 1.48. The summed E-state index contributed by atoms with van der Waals surface area (Å²) in [5.74, 6) is -0.636. The van der Waals surface area contributed by atoms with Crippen LogP contribution in [0, 0.1) is 6.92 Å². The summed E-state index contributed by atoms with van der Waals surface area (Å²) in [6.07, 6.45) is 0. The van der Waals surface area contributed by atoms with Crippen molar-refractivity contribution >= 4 is 51.3 Å². The molecular weight excluding hydrogens is 466 g/mol. The lowest BCUT2D eigenvalue weighted by Crippen LogP contribution is -2.16. The number of ether oxygens (including phenoxy) is 1. The van der Waals surface area contributed by atoms with Gasteiger partial charge in [0.15, 0.2) is 0 Å². The summed E-state index contributed by atoms with van der Waals surface area (Å²) in [5, 5.41) is 19.4. The molecule has 0 aliphatic carbocycles. The van der Waals surface area contributed by atoms with Gasteiger partial charge in [-0.2, -0.15) is 4.68 Å². The van der Waals surface area contributed by atoms with Crippen molar-refractivity contribution in [1.29, 1.82) is 0 Å². The van der Waals surface area contributed by atoms with E-state index in [1.807, 2.05) is 54.1 Å². The van der Waals surface area contributed by atoms with Crippen LogP contribution in [0.25, 0.3) is 16.1 Å². The predicted molar refractivity (Wildman–Crippen MR) is 127 cm³/mol. The summed E-state index contributed by atoms with van der Waals surface area (Å²) in [5.41, 5.74) is 3.08. The first-order valence-corrected chi connectivity index (χ1v) is 12.4. The monoisotopic (exact) mass is 485 g/mol. The van der Waals surface area contributed by atoms with Crippen molar-refractivity contribution in [3.05, 3.63) is 58.3 Å². The number of aromatic nitrogens is 4. The highest BCUT2D eigenvalue weighted by molar-refractivity contribution is 7.99. The number of aryl methyl sites for hydroxylation is 1. The number of hydrogen-bond acceptors (Lipinski definition) is 9. The Bertz CT molecular complexity index is 1220. The summed E-state index contributed by atoms with van der Waals surface area (Å²) in [6, 6.07) is 11.6. The lowest BCUT2D eigenvalue weighted by molar-refractivity contribution is -0.113. The van der Waals surface area contributed by atoms with Crippen molar-refractivity contribution < 1.29 is 14.3 Å². The van der Waals surface area contributed by atoms with E-state index >= 15 is 0 Å². The molecule has 11 heteroatoms. The van der Waals surface area contributed by atoms with Gasteiger partial charge >= 0.3 is 5.97 Å². The van der Waals surface area contributed by atoms with Crippen LogP contribution in [0.2, 0.25) is 0 Å². The Morgan fingerprint density at radius 3 is 2.72 bits per heavy atom. The van der Waals surface area contributed by atoms with E-state index in [0.717, 1.165) is 21.7 Å². The quantitative estimate of drug-likeness (QED) is 0.286. The molecule has 0 bridgehead atoms. The van der Waals surface area contributed by atoms with Gasteiger partial charge in [0.05, 0.1) is 18.0 Å². The molecule has 0 spiro atoms. The average molecular weight is 486 g/mol. The maximum Gasteiger partial charge on any atom is 0.341 e. The molecule has 0 unspecified atom stereocenters. The number of tetrazole rings is 1. The van der Waals surface area contributed by atoms with Gasteiger partial charge in [-0.05, 0) is 47.9 Å². The van der Waals surface area contributed by atoms with Crippen LogP contribution >= 0.6 is 34.4 Å². The van der Waals surface area contributed by atoms with E-state index in [0.29, 0.717) is 15.7 Å². The first-order chi connectivity index (χ1) is 15.6. The number of esters is 1. The van der Waals surface area contributed by atoms with Crippen molar-refractivity contribution in [2.45, 2.75) is 19.0 Å². The molecule has 32 heavy (non-hydrogen) atoms. The number of carbonyl (C=O) groups excluding carboxylic acids is 2. The minimum Gasteiger partial charge on any atom is -0.462 e. The molecule has 8 nitrogen and oxygen atoms in total. The molecule has 0 saturated carbocycles. The Morgan fingerprint density at radius 2 is 2.00 bits per heavy atom. The molecule has 4 aromatic rings. The van der Waals surface area contributed by atoms with Crippen LogP contribution in [-0.4, -0.2) is 44.4 Å². The van der Waals surface area contributed by atoms with E-state index < -0.39 is 5.97 Å². The number of benzene rings is 1. The highest BCUT2D eigenvalue weighted by Gasteiger charge is 2.23. The van der Waals surface area contributed by atoms with E-state index in [-0.39, 0.29) is 18.3 Å². The normalized spacial score (nSPS) is 10.8. The molecule has 1 aromatic carbocycles. The summed E-state index contributed by atoms with van der Waals surface area (Å²) >= 11 is 4.04. The number of anilines is 1. The third-order valence-corrected chi connectivity index (χ3v) is 7.08. The standard InChI is InChI=1S/C21H19N5O3S3/c1-3-29-20(28)18-15(16-5-4-10-30-16)11-31-19(18)22-17(27)12-32-21-23-24-25-26(21)14-8-6-13(2)7-9-14/h4-11H,3,12H2,1-2H3,(H,22,27). The molecule has 3 aromatic heterocycles. The highest BCUT2D eigenvalue weighted by Crippen LogP contribution is 2.38. The number of nitrogens with zero attached hydrogens (tertiary/aromatic N) is 4. The average Bonchev–Trinajstić information content (AvgIpc) is 3.53.